The van der Waals surface area contributed by atoms with Crippen LogP contribution in [0.25, 0.3) is 0 Å². The Labute approximate surface area is 116 Å². The zero-order valence-electron chi connectivity index (χ0n) is 10.5. The summed E-state index contributed by atoms with van der Waals surface area (Å²) < 4.78 is 13.1. The zero-order chi connectivity index (χ0) is 13.8. The van der Waals surface area contributed by atoms with Gasteiger partial charge in [0, 0.05) is 23.2 Å². The molecule has 0 spiro atoms. The molecule has 0 aliphatic rings. The van der Waals surface area contributed by atoms with E-state index in [2.05, 4.69) is 5.32 Å². The first-order chi connectivity index (χ1) is 9.06. The highest BCUT2D eigenvalue weighted by molar-refractivity contribution is 6.30. The molecule has 1 atom stereocenters. The highest BCUT2D eigenvalue weighted by Gasteiger charge is 2.08. The van der Waals surface area contributed by atoms with Gasteiger partial charge in [0.15, 0.2) is 0 Å². The van der Waals surface area contributed by atoms with Gasteiger partial charge >= 0.3 is 0 Å². The average Bonchev–Trinajstić information content (AvgIpc) is 2.39. The summed E-state index contributed by atoms with van der Waals surface area (Å²) >= 11 is 5.93. The number of rotatable bonds is 4. The lowest BCUT2D eigenvalue weighted by atomic mass is 10.1. The second-order valence-corrected chi connectivity index (χ2v) is 4.87. The van der Waals surface area contributed by atoms with Crippen LogP contribution in [0.5, 0.6) is 5.75 Å². The van der Waals surface area contributed by atoms with Gasteiger partial charge in [-0.3, -0.25) is 0 Å². The molecule has 2 N–H and O–H groups in total. The fourth-order valence-electron chi connectivity index (χ4n) is 1.85. The van der Waals surface area contributed by atoms with Gasteiger partial charge in [0.2, 0.25) is 0 Å². The second-order valence-electron chi connectivity index (χ2n) is 4.43. The van der Waals surface area contributed by atoms with Gasteiger partial charge in [-0.15, -0.1) is 0 Å². The van der Waals surface area contributed by atoms with E-state index in [-0.39, 0.29) is 17.6 Å². The number of aromatic hydroxyl groups is 1. The molecule has 0 fully saturated rings. The number of hydrogen-bond donors (Lipinski definition) is 2. The van der Waals surface area contributed by atoms with E-state index in [1.54, 1.807) is 0 Å². The second kappa shape index (κ2) is 6.04. The summed E-state index contributed by atoms with van der Waals surface area (Å²) in [5.41, 5.74) is 1.58. The SMILES string of the molecule is C[C@H](NCc1cc(F)ccc1O)c1cccc(Cl)c1. The topological polar surface area (TPSA) is 32.3 Å². The lowest BCUT2D eigenvalue weighted by Crippen LogP contribution is -2.18. The molecule has 0 saturated carbocycles. The fraction of sp³-hybridized carbons (Fsp3) is 0.200. The monoisotopic (exact) mass is 279 g/mol. The Kier molecular flexibility index (Phi) is 4.40. The van der Waals surface area contributed by atoms with Gasteiger partial charge in [0.1, 0.15) is 11.6 Å². The van der Waals surface area contributed by atoms with Crippen molar-refractivity contribution in [2.24, 2.45) is 0 Å². The van der Waals surface area contributed by atoms with Crippen molar-refractivity contribution in [1.29, 1.82) is 0 Å². The summed E-state index contributed by atoms with van der Waals surface area (Å²) in [5, 5.41) is 13.5. The van der Waals surface area contributed by atoms with E-state index in [1.807, 2.05) is 31.2 Å². The van der Waals surface area contributed by atoms with Crippen LogP contribution in [-0.2, 0) is 6.54 Å². The fourth-order valence-corrected chi connectivity index (χ4v) is 2.05. The summed E-state index contributed by atoms with van der Waals surface area (Å²) in [6, 6.07) is 11.5. The number of benzene rings is 2. The summed E-state index contributed by atoms with van der Waals surface area (Å²) in [6.45, 7) is 2.37. The Morgan fingerprint density at radius 2 is 2.05 bits per heavy atom. The van der Waals surface area contributed by atoms with Crippen molar-refractivity contribution < 1.29 is 9.50 Å². The van der Waals surface area contributed by atoms with Crippen molar-refractivity contribution in [2.75, 3.05) is 0 Å². The van der Waals surface area contributed by atoms with E-state index < -0.39 is 0 Å². The Bertz CT molecular complexity index is 574. The van der Waals surface area contributed by atoms with E-state index in [0.717, 1.165) is 5.56 Å². The summed E-state index contributed by atoms with van der Waals surface area (Å²) in [4.78, 5) is 0. The van der Waals surface area contributed by atoms with Crippen molar-refractivity contribution in [1.82, 2.24) is 5.32 Å². The van der Waals surface area contributed by atoms with Gasteiger partial charge in [-0.1, -0.05) is 23.7 Å². The Hall–Kier alpha value is -1.58. The Morgan fingerprint density at radius 3 is 2.79 bits per heavy atom. The molecule has 0 saturated heterocycles. The van der Waals surface area contributed by atoms with Gasteiger partial charge in [-0.2, -0.15) is 0 Å². The maximum absolute atomic E-state index is 13.1. The van der Waals surface area contributed by atoms with E-state index in [4.69, 9.17) is 11.6 Å². The van der Waals surface area contributed by atoms with Crippen LogP contribution in [0.2, 0.25) is 5.02 Å². The maximum Gasteiger partial charge on any atom is 0.123 e. The van der Waals surface area contributed by atoms with Crippen molar-refractivity contribution >= 4 is 11.6 Å². The predicted octanol–water partition coefficient (Wildman–Crippen LogP) is 4.04. The first-order valence-electron chi connectivity index (χ1n) is 6.02. The number of halogens is 2. The van der Waals surface area contributed by atoms with Crippen LogP contribution < -0.4 is 5.32 Å². The van der Waals surface area contributed by atoms with Crippen molar-refractivity contribution in [2.45, 2.75) is 19.5 Å². The Morgan fingerprint density at radius 1 is 1.26 bits per heavy atom. The molecule has 4 heteroatoms. The van der Waals surface area contributed by atoms with Gasteiger partial charge in [0.25, 0.3) is 0 Å². The van der Waals surface area contributed by atoms with Gasteiger partial charge < -0.3 is 10.4 Å². The number of phenols is 1. The molecule has 2 aromatic carbocycles. The molecule has 0 heterocycles. The van der Waals surface area contributed by atoms with Crippen molar-refractivity contribution in [3.05, 3.63) is 64.4 Å². The van der Waals surface area contributed by atoms with E-state index >= 15 is 0 Å². The number of nitrogens with one attached hydrogen (secondary N) is 1. The molecular weight excluding hydrogens is 265 g/mol. The highest BCUT2D eigenvalue weighted by atomic mass is 35.5. The third-order valence-corrected chi connectivity index (χ3v) is 3.22. The summed E-state index contributed by atoms with van der Waals surface area (Å²) in [7, 11) is 0. The standard InChI is InChI=1S/C15H15ClFNO/c1-10(11-3-2-4-13(16)7-11)18-9-12-8-14(17)5-6-15(12)19/h2-8,10,18-19H,9H2,1H3/t10-/m0/s1. The first kappa shape index (κ1) is 13.8. The van der Waals surface area contributed by atoms with Crippen molar-refractivity contribution in [3.63, 3.8) is 0 Å². The Balaban J connectivity index is 2.04. The molecule has 0 aromatic heterocycles. The molecule has 2 nitrogen and oxygen atoms in total. The van der Waals surface area contributed by atoms with E-state index in [9.17, 15) is 9.50 Å². The summed E-state index contributed by atoms with van der Waals surface area (Å²) in [5.74, 6) is -0.266. The van der Waals surface area contributed by atoms with Crippen molar-refractivity contribution in [3.8, 4) is 5.75 Å². The normalized spacial score (nSPS) is 12.4. The van der Waals surface area contributed by atoms with Gasteiger partial charge in [-0.25, -0.2) is 4.39 Å². The average molecular weight is 280 g/mol. The third-order valence-electron chi connectivity index (χ3n) is 2.99. The molecular formula is C15H15ClFNO. The molecule has 0 aliphatic carbocycles. The smallest absolute Gasteiger partial charge is 0.123 e. The molecule has 0 radical (unpaired) electrons. The van der Waals surface area contributed by atoms with Crippen LogP contribution in [0.1, 0.15) is 24.1 Å². The van der Waals surface area contributed by atoms with Crippen LogP contribution >= 0.6 is 11.6 Å². The van der Waals surface area contributed by atoms with Crippen LogP contribution in [0, 0.1) is 5.82 Å². The van der Waals surface area contributed by atoms with E-state index in [0.29, 0.717) is 17.1 Å². The molecule has 0 aliphatic heterocycles. The van der Waals surface area contributed by atoms with Crippen LogP contribution in [-0.4, -0.2) is 5.11 Å². The van der Waals surface area contributed by atoms with Crippen LogP contribution in [0.4, 0.5) is 4.39 Å². The van der Waals surface area contributed by atoms with Crippen LogP contribution in [0.3, 0.4) is 0 Å². The molecule has 0 unspecified atom stereocenters. The number of hydrogen-bond acceptors (Lipinski definition) is 2. The molecule has 0 bridgehead atoms. The third kappa shape index (κ3) is 3.69. The zero-order valence-corrected chi connectivity index (χ0v) is 11.3. The summed E-state index contributed by atoms with van der Waals surface area (Å²) in [6.07, 6.45) is 0. The quantitative estimate of drug-likeness (QED) is 0.885. The molecule has 100 valence electrons. The molecule has 2 aromatic rings. The lowest BCUT2D eigenvalue weighted by molar-refractivity contribution is 0.457. The highest BCUT2D eigenvalue weighted by Crippen LogP contribution is 2.21. The number of phenolic OH excluding ortho intramolecular Hbond substituents is 1. The largest absolute Gasteiger partial charge is 0.508 e. The lowest BCUT2D eigenvalue weighted by Gasteiger charge is -2.15. The maximum atomic E-state index is 13.1. The minimum absolute atomic E-state index is 0.0568. The minimum Gasteiger partial charge on any atom is -0.508 e. The molecule has 2 rings (SSSR count). The molecule has 19 heavy (non-hydrogen) atoms. The predicted molar refractivity (Wildman–Crippen MR) is 74.8 cm³/mol. The van der Waals surface area contributed by atoms with E-state index in [1.165, 1.54) is 18.2 Å². The van der Waals surface area contributed by atoms with Gasteiger partial charge in [-0.05, 0) is 42.8 Å². The van der Waals surface area contributed by atoms with Gasteiger partial charge in [0.05, 0.1) is 0 Å². The molecule has 0 amide bonds. The van der Waals surface area contributed by atoms with Crippen LogP contribution in [0.15, 0.2) is 42.5 Å². The first-order valence-corrected chi connectivity index (χ1v) is 6.40. The minimum atomic E-state index is -0.356.